The van der Waals surface area contributed by atoms with Gasteiger partial charge in [-0.25, -0.2) is 0 Å². The first-order chi connectivity index (χ1) is 15.5. The third kappa shape index (κ3) is 3.82. The highest BCUT2D eigenvalue weighted by Gasteiger charge is 2.49. The van der Waals surface area contributed by atoms with Gasteiger partial charge in [-0.15, -0.1) is 0 Å². The largest absolute Gasteiger partial charge is 0.496 e. The highest BCUT2D eigenvalue weighted by atomic mass is 19.4. The van der Waals surface area contributed by atoms with E-state index in [2.05, 4.69) is 4.90 Å². The van der Waals surface area contributed by atoms with Crippen LogP contribution in [0.1, 0.15) is 51.9 Å². The second-order valence-corrected chi connectivity index (χ2v) is 9.01. The fourth-order valence-corrected chi connectivity index (χ4v) is 5.29. The maximum Gasteiger partial charge on any atom is 0.456 e. The van der Waals surface area contributed by atoms with Crippen LogP contribution in [-0.2, 0) is 12.1 Å². The average molecular weight is 464 g/mol. The summed E-state index contributed by atoms with van der Waals surface area (Å²) in [4.78, 5) is 29.1. The van der Waals surface area contributed by atoms with Gasteiger partial charge in [-0.3, -0.25) is 14.5 Å². The first-order valence-electron chi connectivity index (χ1n) is 11.0. The number of piperidine rings is 1. The van der Waals surface area contributed by atoms with Crippen molar-refractivity contribution in [2.45, 2.75) is 51.0 Å². The lowest BCUT2D eigenvalue weighted by atomic mass is 9.80. The average Bonchev–Trinajstić information content (AvgIpc) is 3.20. The number of benzene rings is 1. The van der Waals surface area contributed by atoms with E-state index in [9.17, 15) is 22.8 Å². The number of aromatic nitrogens is 1. The van der Waals surface area contributed by atoms with Gasteiger partial charge in [0.25, 0.3) is 11.7 Å². The number of nitrogens with zero attached hydrogens (tertiary/aromatic N) is 3. The second-order valence-electron chi connectivity index (χ2n) is 9.01. The number of alkyl halides is 3. The molecular weight excluding hydrogens is 435 g/mol. The van der Waals surface area contributed by atoms with Crippen molar-refractivity contribution in [1.82, 2.24) is 14.4 Å². The van der Waals surface area contributed by atoms with E-state index in [0.717, 1.165) is 5.56 Å². The number of likely N-dealkylation sites (N-methyl/N-ethyl adjacent to an activating group) is 1. The number of rotatable bonds is 3. The van der Waals surface area contributed by atoms with Crippen LogP contribution in [0.2, 0.25) is 0 Å². The quantitative estimate of drug-likeness (QED) is 0.646. The SMILES string of the molecule is COc1ccc(C(=O)N2CCC3(CC2)c2ccc(C(=O)C(F)(F)F)n2C[C@@H](C)N3C)cc1C. The van der Waals surface area contributed by atoms with Crippen molar-refractivity contribution >= 4 is 11.7 Å². The summed E-state index contributed by atoms with van der Waals surface area (Å²) in [6.45, 7) is 5.08. The number of fused-ring (bicyclic) bond motifs is 2. The van der Waals surface area contributed by atoms with Gasteiger partial charge in [0.05, 0.1) is 18.3 Å². The standard InChI is InChI=1S/C24H28F3N3O3/c1-15-13-17(5-7-19(15)33-4)22(32)29-11-9-23(10-12-29)20-8-6-18(21(31)24(25,26)27)30(20)14-16(2)28(23)3/h5-8,13,16H,9-12,14H2,1-4H3/t16-/m1/s1. The molecule has 1 atom stereocenters. The molecule has 0 unspecified atom stereocenters. The molecule has 4 rings (SSSR count). The van der Waals surface area contributed by atoms with Crippen molar-refractivity contribution in [2.75, 3.05) is 27.2 Å². The molecule has 0 radical (unpaired) electrons. The molecular formula is C24H28F3N3O3. The van der Waals surface area contributed by atoms with Crippen LogP contribution in [0.25, 0.3) is 0 Å². The number of ketones is 1. The molecule has 1 fully saturated rings. The maximum atomic E-state index is 13.1. The van der Waals surface area contributed by atoms with E-state index in [1.54, 1.807) is 36.3 Å². The first kappa shape index (κ1) is 23.4. The Bertz CT molecular complexity index is 1080. The fraction of sp³-hybridized carbons (Fsp3) is 0.500. The molecule has 2 aromatic rings. The third-order valence-electron chi connectivity index (χ3n) is 7.25. The van der Waals surface area contributed by atoms with Crippen LogP contribution in [0, 0.1) is 6.92 Å². The number of likely N-dealkylation sites (tertiary alicyclic amines) is 1. The first-order valence-corrected chi connectivity index (χ1v) is 11.0. The van der Waals surface area contributed by atoms with Gasteiger partial charge in [0, 0.05) is 36.9 Å². The summed E-state index contributed by atoms with van der Waals surface area (Å²) in [6, 6.07) is 8.20. The van der Waals surface area contributed by atoms with Crippen LogP contribution < -0.4 is 4.74 Å². The number of Topliss-reactive ketones (excluding diaryl/α,β-unsaturated/α-hetero) is 1. The van der Waals surface area contributed by atoms with Crippen LogP contribution >= 0.6 is 0 Å². The normalized spacial score (nSPS) is 20.6. The van der Waals surface area contributed by atoms with Crippen molar-refractivity contribution in [3.63, 3.8) is 0 Å². The molecule has 33 heavy (non-hydrogen) atoms. The number of hydrogen-bond acceptors (Lipinski definition) is 4. The smallest absolute Gasteiger partial charge is 0.456 e. The molecule has 9 heteroatoms. The minimum Gasteiger partial charge on any atom is -0.496 e. The fourth-order valence-electron chi connectivity index (χ4n) is 5.29. The van der Waals surface area contributed by atoms with Crippen LogP contribution in [0.4, 0.5) is 13.2 Å². The Morgan fingerprint density at radius 3 is 2.36 bits per heavy atom. The van der Waals surface area contributed by atoms with Gasteiger partial charge < -0.3 is 14.2 Å². The molecule has 0 N–H and O–H groups in total. The van der Waals surface area contributed by atoms with Gasteiger partial charge >= 0.3 is 6.18 Å². The Balaban J connectivity index is 1.60. The molecule has 2 aliphatic rings. The number of carbonyl (C=O) groups excluding carboxylic acids is 2. The predicted molar refractivity (Wildman–Crippen MR) is 117 cm³/mol. The molecule has 1 saturated heterocycles. The molecule has 0 bridgehead atoms. The van der Waals surface area contributed by atoms with E-state index in [4.69, 9.17) is 4.74 Å². The molecule has 178 valence electrons. The highest BCUT2D eigenvalue weighted by molar-refractivity contribution is 5.99. The summed E-state index contributed by atoms with van der Waals surface area (Å²) in [5, 5.41) is 0. The van der Waals surface area contributed by atoms with Gasteiger partial charge in [-0.2, -0.15) is 13.2 Å². The number of halogens is 3. The van der Waals surface area contributed by atoms with Crippen LogP contribution in [-0.4, -0.2) is 65.5 Å². The summed E-state index contributed by atoms with van der Waals surface area (Å²) < 4.78 is 46.2. The Labute approximate surface area is 190 Å². The second kappa shape index (κ2) is 8.20. The molecule has 1 aromatic carbocycles. The Hall–Kier alpha value is -2.81. The van der Waals surface area contributed by atoms with Gasteiger partial charge in [-0.1, -0.05) is 0 Å². The summed E-state index contributed by atoms with van der Waals surface area (Å²) in [7, 11) is 3.55. The lowest BCUT2D eigenvalue weighted by Crippen LogP contribution is -2.59. The monoisotopic (exact) mass is 463 g/mol. The van der Waals surface area contributed by atoms with Gasteiger partial charge in [0.1, 0.15) is 5.75 Å². The van der Waals surface area contributed by atoms with Crippen LogP contribution in [0.15, 0.2) is 30.3 Å². The highest BCUT2D eigenvalue weighted by Crippen LogP contribution is 2.44. The number of hydrogen-bond donors (Lipinski definition) is 0. The van der Waals surface area contributed by atoms with E-state index < -0.39 is 17.5 Å². The van der Waals surface area contributed by atoms with Crippen molar-refractivity contribution in [1.29, 1.82) is 0 Å². The maximum absolute atomic E-state index is 13.1. The number of carbonyl (C=O) groups is 2. The van der Waals surface area contributed by atoms with Crippen molar-refractivity contribution in [3.05, 3.63) is 52.8 Å². The summed E-state index contributed by atoms with van der Waals surface area (Å²) in [5.41, 5.74) is 1.31. The van der Waals surface area contributed by atoms with E-state index in [1.807, 2.05) is 20.9 Å². The molecule has 1 aromatic heterocycles. The van der Waals surface area contributed by atoms with E-state index in [1.165, 1.54) is 10.6 Å². The summed E-state index contributed by atoms with van der Waals surface area (Å²) in [5.74, 6) is -1.18. The van der Waals surface area contributed by atoms with Crippen molar-refractivity contribution in [3.8, 4) is 5.75 Å². The molecule has 0 saturated carbocycles. The third-order valence-corrected chi connectivity index (χ3v) is 7.25. The molecule has 6 nitrogen and oxygen atoms in total. The Kier molecular flexibility index (Phi) is 5.80. The zero-order chi connectivity index (χ0) is 24.1. The number of aryl methyl sites for hydroxylation is 1. The Morgan fingerprint density at radius 2 is 1.79 bits per heavy atom. The van der Waals surface area contributed by atoms with Gasteiger partial charge in [0.2, 0.25) is 0 Å². The summed E-state index contributed by atoms with van der Waals surface area (Å²) in [6.07, 6.45) is -3.78. The van der Waals surface area contributed by atoms with Crippen molar-refractivity contribution < 1.29 is 27.5 Å². The zero-order valence-corrected chi connectivity index (χ0v) is 19.2. The Morgan fingerprint density at radius 1 is 1.12 bits per heavy atom. The number of amides is 1. The topological polar surface area (TPSA) is 54.8 Å². The van der Waals surface area contributed by atoms with Gasteiger partial charge in [-0.05, 0) is 69.6 Å². The van der Waals surface area contributed by atoms with Crippen LogP contribution in [0.5, 0.6) is 5.75 Å². The predicted octanol–water partition coefficient (Wildman–Crippen LogP) is 4.02. The minimum absolute atomic E-state index is 0.0591. The van der Waals surface area contributed by atoms with Crippen molar-refractivity contribution in [2.24, 2.45) is 0 Å². The molecule has 0 aliphatic carbocycles. The zero-order valence-electron chi connectivity index (χ0n) is 19.2. The molecule has 1 amide bonds. The molecule has 1 spiro atoms. The molecule has 2 aliphatic heterocycles. The van der Waals surface area contributed by atoms with Crippen LogP contribution in [0.3, 0.4) is 0 Å². The lowest BCUT2D eigenvalue weighted by molar-refractivity contribution is -0.0894. The van der Waals surface area contributed by atoms with E-state index in [0.29, 0.717) is 49.5 Å². The van der Waals surface area contributed by atoms with E-state index in [-0.39, 0.29) is 17.6 Å². The lowest BCUT2D eigenvalue weighted by Gasteiger charge is -2.53. The molecule has 3 heterocycles. The summed E-state index contributed by atoms with van der Waals surface area (Å²) >= 11 is 0. The number of ether oxygens (including phenoxy) is 1. The van der Waals surface area contributed by atoms with Gasteiger partial charge in [0.15, 0.2) is 0 Å². The minimum atomic E-state index is -4.92. The number of methoxy groups -OCH3 is 1. The van der Waals surface area contributed by atoms with E-state index >= 15 is 0 Å².